The number of fused-ring (bicyclic) bond motifs is 1. The van der Waals surface area contributed by atoms with Gasteiger partial charge in [-0.25, -0.2) is 4.63 Å². The molecule has 0 atom stereocenters. The fraction of sp³-hybridized carbons (Fsp3) is 0.263. The van der Waals surface area contributed by atoms with E-state index in [1.165, 1.54) is 0 Å². The van der Waals surface area contributed by atoms with E-state index < -0.39 is 11.8 Å². The predicted molar refractivity (Wildman–Crippen MR) is 104 cm³/mol. The van der Waals surface area contributed by atoms with Crippen molar-refractivity contribution in [1.29, 1.82) is 0 Å². The third-order valence-corrected chi connectivity index (χ3v) is 4.16. The molecular weight excluding hydrogens is 346 g/mol. The number of carbonyl (C=O) groups excluding carboxylic acids is 2. The Morgan fingerprint density at radius 3 is 2.41 bits per heavy atom. The third-order valence-electron chi connectivity index (χ3n) is 4.16. The van der Waals surface area contributed by atoms with Crippen LogP contribution in [0, 0.1) is 0 Å². The summed E-state index contributed by atoms with van der Waals surface area (Å²) in [5.41, 5.74) is 2.84. The lowest BCUT2D eigenvalue weighted by molar-refractivity contribution is -0.132. The summed E-state index contributed by atoms with van der Waals surface area (Å²) in [6.07, 6.45) is 0. The normalized spacial score (nSPS) is 10.8. The maximum absolute atomic E-state index is 12.2. The molecule has 0 unspecified atom stereocenters. The fourth-order valence-electron chi connectivity index (χ4n) is 2.86. The summed E-state index contributed by atoms with van der Waals surface area (Å²) < 4.78 is 4.64. The first-order valence-corrected chi connectivity index (χ1v) is 8.70. The van der Waals surface area contributed by atoms with Crippen molar-refractivity contribution in [2.45, 2.75) is 26.8 Å². The van der Waals surface area contributed by atoms with Gasteiger partial charge in [0.25, 0.3) is 0 Å². The molecule has 27 heavy (non-hydrogen) atoms. The van der Waals surface area contributed by atoms with Crippen LogP contribution >= 0.6 is 0 Å². The summed E-state index contributed by atoms with van der Waals surface area (Å²) in [6, 6.07) is 12.7. The maximum atomic E-state index is 12.2. The summed E-state index contributed by atoms with van der Waals surface area (Å²) in [5, 5.41) is 12.5. The van der Waals surface area contributed by atoms with Gasteiger partial charge in [-0.1, -0.05) is 6.07 Å². The summed E-state index contributed by atoms with van der Waals surface area (Å²) in [5.74, 6) is -1.57. The molecule has 0 aliphatic rings. The van der Waals surface area contributed by atoms with Gasteiger partial charge >= 0.3 is 11.8 Å². The Kier molecular flexibility index (Phi) is 5.35. The Hall–Kier alpha value is -3.42. The van der Waals surface area contributed by atoms with Crippen molar-refractivity contribution in [3.05, 3.63) is 42.5 Å². The van der Waals surface area contributed by atoms with Gasteiger partial charge in [-0.3, -0.25) is 9.59 Å². The van der Waals surface area contributed by atoms with Gasteiger partial charge in [0.15, 0.2) is 5.52 Å². The second kappa shape index (κ2) is 7.86. The first kappa shape index (κ1) is 18.4. The zero-order chi connectivity index (χ0) is 19.4. The van der Waals surface area contributed by atoms with E-state index in [0.29, 0.717) is 28.5 Å². The van der Waals surface area contributed by atoms with Gasteiger partial charge < -0.3 is 15.5 Å². The third kappa shape index (κ3) is 4.05. The highest BCUT2D eigenvalue weighted by Gasteiger charge is 2.17. The summed E-state index contributed by atoms with van der Waals surface area (Å²) >= 11 is 0. The molecule has 1 heterocycles. The van der Waals surface area contributed by atoms with Crippen LogP contribution in [0.2, 0.25) is 0 Å². The fourth-order valence-corrected chi connectivity index (χ4v) is 2.86. The lowest BCUT2D eigenvalue weighted by Crippen LogP contribution is -2.30. The minimum Gasteiger partial charge on any atom is -0.369 e. The van der Waals surface area contributed by atoms with E-state index in [1.54, 1.807) is 30.3 Å². The molecule has 0 saturated heterocycles. The number of rotatable bonds is 5. The molecule has 3 aromatic rings. The van der Waals surface area contributed by atoms with Crippen LogP contribution < -0.4 is 15.5 Å². The van der Waals surface area contributed by atoms with Crippen molar-refractivity contribution >= 4 is 39.9 Å². The molecular formula is C19H21N5O3. The number of benzene rings is 2. The van der Waals surface area contributed by atoms with Crippen LogP contribution in [0.1, 0.15) is 20.8 Å². The van der Waals surface area contributed by atoms with E-state index in [2.05, 4.69) is 51.2 Å². The highest BCUT2D eigenvalue weighted by atomic mass is 16.6. The predicted octanol–water partition coefficient (Wildman–Crippen LogP) is 3.03. The molecule has 0 radical (unpaired) electrons. The van der Waals surface area contributed by atoms with E-state index >= 15 is 0 Å². The molecule has 2 amide bonds. The number of nitrogens with zero attached hydrogens (tertiary/aromatic N) is 3. The van der Waals surface area contributed by atoms with E-state index in [9.17, 15) is 9.59 Å². The van der Waals surface area contributed by atoms with Gasteiger partial charge in [-0.05, 0) is 67.5 Å². The number of amides is 2. The van der Waals surface area contributed by atoms with Gasteiger partial charge in [-0.2, -0.15) is 0 Å². The van der Waals surface area contributed by atoms with Crippen molar-refractivity contribution < 1.29 is 14.2 Å². The molecule has 8 nitrogen and oxygen atoms in total. The number of anilines is 3. The topological polar surface area (TPSA) is 100 Å². The minimum atomic E-state index is -0.799. The van der Waals surface area contributed by atoms with E-state index in [4.69, 9.17) is 0 Å². The number of aromatic nitrogens is 2. The summed E-state index contributed by atoms with van der Waals surface area (Å²) in [7, 11) is 0. The van der Waals surface area contributed by atoms with Gasteiger partial charge in [0.2, 0.25) is 0 Å². The van der Waals surface area contributed by atoms with Crippen LogP contribution in [0.3, 0.4) is 0 Å². The number of hydrogen-bond acceptors (Lipinski definition) is 6. The average Bonchev–Trinajstić information content (AvgIpc) is 3.13. The molecule has 8 heteroatoms. The van der Waals surface area contributed by atoms with Crippen LogP contribution in [0.4, 0.5) is 17.1 Å². The largest absolute Gasteiger partial charge is 0.369 e. The number of nitrogens with one attached hydrogen (secondary N) is 2. The standard InChI is InChI=1S/C19H21N5O3/c1-4-24(12(2)3)14-10-8-13(9-11-14)20-18(25)19(26)21-15-6-5-7-16-17(15)23-27-22-16/h5-12H,4H2,1-3H3,(H,20,25)(H,21,26). The average molecular weight is 367 g/mol. The molecule has 0 aliphatic heterocycles. The Balaban J connectivity index is 1.66. The van der Waals surface area contributed by atoms with Crippen molar-refractivity contribution in [3.8, 4) is 0 Å². The Morgan fingerprint density at radius 1 is 1.04 bits per heavy atom. The lowest BCUT2D eigenvalue weighted by Gasteiger charge is -2.27. The zero-order valence-corrected chi connectivity index (χ0v) is 15.4. The van der Waals surface area contributed by atoms with Crippen LogP contribution in [0.5, 0.6) is 0 Å². The second-order valence-electron chi connectivity index (χ2n) is 6.27. The van der Waals surface area contributed by atoms with Crippen molar-refractivity contribution in [2.75, 3.05) is 22.1 Å². The lowest BCUT2D eigenvalue weighted by atomic mass is 10.2. The molecule has 140 valence electrons. The van der Waals surface area contributed by atoms with Crippen molar-refractivity contribution in [3.63, 3.8) is 0 Å². The SMILES string of the molecule is CCN(c1ccc(NC(=O)C(=O)Nc2cccc3nonc23)cc1)C(C)C. The van der Waals surface area contributed by atoms with Crippen LogP contribution in [-0.2, 0) is 9.59 Å². The molecule has 3 rings (SSSR count). The minimum absolute atomic E-state index is 0.361. The monoisotopic (exact) mass is 367 g/mol. The molecule has 2 N–H and O–H groups in total. The van der Waals surface area contributed by atoms with Crippen LogP contribution in [0.15, 0.2) is 47.1 Å². The maximum Gasteiger partial charge on any atom is 0.314 e. The Bertz CT molecular complexity index is 949. The van der Waals surface area contributed by atoms with Crippen molar-refractivity contribution in [1.82, 2.24) is 10.3 Å². The van der Waals surface area contributed by atoms with Crippen LogP contribution in [0.25, 0.3) is 11.0 Å². The van der Waals surface area contributed by atoms with Gasteiger partial charge in [0.1, 0.15) is 5.52 Å². The van der Waals surface area contributed by atoms with E-state index in [0.717, 1.165) is 12.2 Å². The molecule has 0 spiro atoms. The molecule has 0 aliphatic carbocycles. The molecule has 0 fully saturated rings. The number of carbonyl (C=O) groups is 2. The molecule has 2 aromatic carbocycles. The van der Waals surface area contributed by atoms with E-state index in [-0.39, 0.29) is 0 Å². The van der Waals surface area contributed by atoms with Gasteiger partial charge in [-0.15, -0.1) is 0 Å². The van der Waals surface area contributed by atoms with Crippen molar-refractivity contribution in [2.24, 2.45) is 0 Å². The zero-order valence-electron chi connectivity index (χ0n) is 15.4. The first-order valence-electron chi connectivity index (χ1n) is 8.70. The summed E-state index contributed by atoms with van der Waals surface area (Å²) in [6.45, 7) is 7.21. The van der Waals surface area contributed by atoms with Gasteiger partial charge in [0, 0.05) is 24.0 Å². The summed E-state index contributed by atoms with van der Waals surface area (Å²) in [4.78, 5) is 26.6. The first-order chi connectivity index (χ1) is 13.0. The van der Waals surface area contributed by atoms with Crippen LogP contribution in [-0.4, -0.2) is 34.7 Å². The molecule has 0 bridgehead atoms. The Labute approximate surface area is 156 Å². The highest BCUT2D eigenvalue weighted by molar-refractivity contribution is 6.44. The van der Waals surface area contributed by atoms with E-state index in [1.807, 2.05) is 12.1 Å². The van der Waals surface area contributed by atoms with Gasteiger partial charge in [0.05, 0.1) is 5.69 Å². The highest BCUT2D eigenvalue weighted by Crippen LogP contribution is 2.21. The molecule has 0 saturated carbocycles. The second-order valence-corrected chi connectivity index (χ2v) is 6.27. The smallest absolute Gasteiger partial charge is 0.314 e. The Morgan fingerprint density at radius 2 is 1.74 bits per heavy atom. The molecule has 1 aromatic heterocycles. The quantitative estimate of drug-likeness (QED) is 0.672. The number of hydrogen-bond donors (Lipinski definition) is 2.